The van der Waals surface area contributed by atoms with E-state index in [0.717, 1.165) is 44.6 Å². The number of piperidine rings is 1. The average molecular weight is 335 g/mol. The smallest absolute Gasteiger partial charge is 0.304 e. The largest absolute Gasteiger partial charge is 0.481 e. The molecule has 5 nitrogen and oxygen atoms in total. The molecule has 2 heterocycles. The summed E-state index contributed by atoms with van der Waals surface area (Å²) in [6.07, 6.45) is 6.90. The van der Waals surface area contributed by atoms with Crippen LogP contribution in [0.1, 0.15) is 37.8 Å². The first-order chi connectivity index (χ1) is 11.5. The molecule has 1 saturated carbocycles. The number of carbonyl (C=O) groups is 1. The number of nitrogens with zero attached hydrogens (tertiary/aromatic N) is 2. The number of likely N-dealkylation sites (tertiary alicyclic amines) is 1. The standard InChI is InChI=1S/C18H26FN3O2/c19-14-1-2-16(20-12-14)11-18(13-21-15-3-4-15)6-9-22(10-7-18)8-5-17(23)24/h1-2,12,15,21H,3-11,13H2,(H,23,24). The Bertz CT molecular complexity index is 552. The molecule has 2 N–H and O–H groups in total. The van der Waals surface area contributed by atoms with Crippen LogP contribution >= 0.6 is 0 Å². The highest BCUT2D eigenvalue weighted by atomic mass is 19.1. The van der Waals surface area contributed by atoms with E-state index in [1.54, 1.807) is 6.07 Å². The minimum atomic E-state index is -0.738. The van der Waals surface area contributed by atoms with Gasteiger partial charge in [0.2, 0.25) is 0 Å². The van der Waals surface area contributed by atoms with Crippen molar-refractivity contribution >= 4 is 5.97 Å². The third-order valence-electron chi connectivity index (χ3n) is 5.25. The molecule has 1 aromatic rings. The Morgan fingerprint density at radius 1 is 1.38 bits per heavy atom. The summed E-state index contributed by atoms with van der Waals surface area (Å²) in [5, 5.41) is 12.5. The van der Waals surface area contributed by atoms with Gasteiger partial charge in [-0.1, -0.05) is 0 Å². The lowest BCUT2D eigenvalue weighted by Gasteiger charge is -2.42. The molecule has 1 aliphatic heterocycles. The summed E-state index contributed by atoms with van der Waals surface area (Å²) in [4.78, 5) is 17.2. The molecule has 0 aromatic carbocycles. The van der Waals surface area contributed by atoms with E-state index in [1.807, 2.05) is 0 Å². The zero-order chi connectivity index (χ0) is 17.0. The highest BCUT2D eigenvalue weighted by Gasteiger charge is 2.36. The topological polar surface area (TPSA) is 65.5 Å². The molecule has 132 valence electrons. The minimum absolute atomic E-state index is 0.132. The molecule has 0 amide bonds. The van der Waals surface area contributed by atoms with Crippen LogP contribution in [0.15, 0.2) is 18.3 Å². The summed E-state index contributed by atoms with van der Waals surface area (Å²) >= 11 is 0. The van der Waals surface area contributed by atoms with Crippen molar-refractivity contribution in [2.75, 3.05) is 26.2 Å². The van der Waals surface area contributed by atoms with Crippen LogP contribution in [0.2, 0.25) is 0 Å². The molecule has 2 fully saturated rings. The second-order valence-electron chi connectivity index (χ2n) is 7.29. The van der Waals surface area contributed by atoms with E-state index in [-0.39, 0.29) is 17.7 Å². The molecule has 0 spiro atoms. The van der Waals surface area contributed by atoms with Crippen molar-refractivity contribution < 1.29 is 14.3 Å². The molecular formula is C18H26FN3O2. The maximum Gasteiger partial charge on any atom is 0.304 e. The van der Waals surface area contributed by atoms with Gasteiger partial charge in [-0.15, -0.1) is 0 Å². The summed E-state index contributed by atoms with van der Waals surface area (Å²) in [5.74, 6) is -1.04. The summed E-state index contributed by atoms with van der Waals surface area (Å²) in [6, 6.07) is 3.92. The lowest BCUT2D eigenvalue weighted by Crippen LogP contribution is -2.47. The summed E-state index contributed by atoms with van der Waals surface area (Å²) < 4.78 is 13.1. The van der Waals surface area contributed by atoms with Crippen LogP contribution in [0.5, 0.6) is 0 Å². The van der Waals surface area contributed by atoms with Crippen LogP contribution < -0.4 is 5.32 Å². The molecule has 0 atom stereocenters. The molecule has 0 radical (unpaired) electrons. The molecular weight excluding hydrogens is 309 g/mol. The number of nitrogens with one attached hydrogen (secondary N) is 1. The van der Waals surface area contributed by atoms with Crippen molar-refractivity contribution in [1.29, 1.82) is 0 Å². The molecule has 3 rings (SSSR count). The Morgan fingerprint density at radius 3 is 2.71 bits per heavy atom. The summed E-state index contributed by atoms with van der Waals surface area (Å²) in [7, 11) is 0. The first-order valence-electron chi connectivity index (χ1n) is 8.83. The normalized spacial score (nSPS) is 20.9. The maximum atomic E-state index is 13.1. The van der Waals surface area contributed by atoms with E-state index in [0.29, 0.717) is 12.6 Å². The monoisotopic (exact) mass is 335 g/mol. The number of halogens is 1. The van der Waals surface area contributed by atoms with Gasteiger partial charge in [0, 0.05) is 24.8 Å². The van der Waals surface area contributed by atoms with Crippen LogP contribution in [0, 0.1) is 11.2 Å². The van der Waals surface area contributed by atoms with Crippen LogP contribution in [0.25, 0.3) is 0 Å². The van der Waals surface area contributed by atoms with E-state index >= 15 is 0 Å². The molecule has 6 heteroatoms. The van der Waals surface area contributed by atoms with Crippen LogP contribution in [0.3, 0.4) is 0 Å². The number of rotatable bonds is 8. The average Bonchev–Trinajstić information content (AvgIpc) is 3.39. The van der Waals surface area contributed by atoms with Gasteiger partial charge in [-0.3, -0.25) is 9.78 Å². The van der Waals surface area contributed by atoms with E-state index in [1.165, 1.54) is 25.1 Å². The number of aromatic nitrogens is 1. The number of pyridine rings is 1. The lowest BCUT2D eigenvalue weighted by atomic mass is 9.74. The molecule has 2 aliphatic rings. The van der Waals surface area contributed by atoms with Gasteiger partial charge in [-0.25, -0.2) is 4.39 Å². The van der Waals surface area contributed by atoms with Gasteiger partial charge in [0.15, 0.2) is 0 Å². The highest BCUT2D eigenvalue weighted by Crippen LogP contribution is 2.35. The van der Waals surface area contributed by atoms with Gasteiger partial charge in [0.25, 0.3) is 0 Å². The second kappa shape index (κ2) is 7.57. The van der Waals surface area contributed by atoms with E-state index in [4.69, 9.17) is 5.11 Å². The Balaban J connectivity index is 1.60. The number of hydrogen-bond donors (Lipinski definition) is 2. The molecule has 24 heavy (non-hydrogen) atoms. The van der Waals surface area contributed by atoms with Crippen molar-refractivity contribution in [3.05, 3.63) is 29.8 Å². The maximum absolute atomic E-state index is 13.1. The Kier molecular flexibility index (Phi) is 5.46. The number of aliphatic carboxylic acids is 1. The third-order valence-corrected chi connectivity index (χ3v) is 5.25. The summed E-state index contributed by atoms with van der Waals surface area (Å²) in [5.41, 5.74) is 1.07. The van der Waals surface area contributed by atoms with Gasteiger partial charge >= 0.3 is 5.97 Å². The number of carboxylic acids is 1. The van der Waals surface area contributed by atoms with Crippen molar-refractivity contribution in [2.45, 2.75) is 44.6 Å². The van der Waals surface area contributed by atoms with Gasteiger partial charge in [-0.05, 0) is 62.7 Å². The van der Waals surface area contributed by atoms with Crippen LogP contribution in [-0.4, -0.2) is 53.2 Å². The molecule has 1 saturated heterocycles. The van der Waals surface area contributed by atoms with E-state index in [9.17, 15) is 9.18 Å². The van der Waals surface area contributed by atoms with E-state index < -0.39 is 5.97 Å². The van der Waals surface area contributed by atoms with Gasteiger partial charge in [0.05, 0.1) is 12.6 Å². The lowest BCUT2D eigenvalue weighted by molar-refractivity contribution is -0.137. The molecule has 1 aromatic heterocycles. The van der Waals surface area contributed by atoms with Crippen molar-refractivity contribution in [3.8, 4) is 0 Å². The highest BCUT2D eigenvalue weighted by molar-refractivity contribution is 5.66. The number of carboxylic acid groups (broad SMARTS) is 1. The van der Waals surface area contributed by atoms with Crippen LogP contribution in [-0.2, 0) is 11.2 Å². The Hall–Kier alpha value is -1.53. The van der Waals surface area contributed by atoms with E-state index in [2.05, 4.69) is 15.2 Å². The van der Waals surface area contributed by atoms with Gasteiger partial charge in [0.1, 0.15) is 5.82 Å². The molecule has 0 bridgehead atoms. The van der Waals surface area contributed by atoms with Crippen molar-refractivity contribution in [2.24, 2.45) is 5.41 Å². The molecule has 0 unspecified atom stereocenters. The number of hydrogen-bond acceptors (Lipinski definition) is 4. The predicted molar refractivity (Wildman–Crippen MR) is 89.3 cm³/mol. The fraction of sp³-hybridized carbons (Fsp3) is 0.667. The zero-order valence-corrected chi connectivity index (χ0v) is 14.0. The quantitative estimate of drug-likeness (QED) is 0.761. The fourth-order valence-corrected chi connectivity index (χ4v) is 3.46. The van der Waals surface area contributed by atoms with Gasteiger partial charge in [-0.2, -0.15) is 0 Å². The Labute approximate surface area is 142 Å². The zero-order valence-electron chi connectivity index (χ0n) is 14.0. The first-order valence-corrected chi connectivity index (χ1v) is 8.83. The second-order valence-corrected chi connectivity index (χ2v) is 7.29. The molecule has 1 aliphatic carbocycles. The van der Waals surface area contributed by atoms with Crippen molar-refractivity contribution in [1.82, 2.24) is 15.2 Å². The minimum Gasteiger partial charge on any atom is -0.481 e. The van der Waals surface area contributed by atoms with Crippen molar-refractivity contribution in [3.63, 3.8) is 0 Å². The first kappa shape index (κ1) is 17.3. The van der Waals surface area contributed by atoms with Gasteiger partial charge < -0.3 is 15.3 Å². The Morgan fingerprint density at radius 2 is 2.12 bits per heavy atom. The van der Waals surface area contributed by atoms with Crippen LogP contribution in [0.4, 0.5) is 4.39 Å². The SMILES string of the molecule is O=C(O)CCN1CCC(CNC2CC2)(Cc2ccc(F)cn2)CC1. The fourth-order valence-electron chi connectivity index (χ4n) is 3.46. The predicted octanol–water partition coefficient (Wildman–Crippen LogP) is 2.07. The summed E-state index contributed by atoms with van der Waals surface area (Å²) in [6.45, 7) is 3.42. The third kappa shape index (κ3) is 4.98.